The highest BCUT2D eigenvalue weighted by molar-refractivity contribution is 7.89. The van der Waals surface area contributed by atoms with Gasteiger partial charge in [-0.25, -0.2) is 13.1 Å². The Morgan fingerprint density at radius 2 is 2.16 bits per heavy atom. The molecule has 0 aromatic carbocycles. The van der Waals surface area contributed by atoms with E-state index in [2.05, 4.69) is 16.6 Å². The number of nitrogens with one attached hydrogen (secondary N) is 2. The second-order valence-electron chi connectivity index (χ2n) is 5.27. The molecule has 0 unspecified atom stereocenters. The molecule has 1 aromatic heterocycles. The van der Waals surface area contributed by atoms with Crippen LogP contribution in [0.25, 0.3) is 0 Å². The zero-order valence-corrected chi connectivity index (χ0v) is 11.8. The molecule has 2 heterocycles. The second kappa shape index (κ2) is 5.62. The molecule has 0 atom stereocenters. The molecule has 19 heavy (non-hydrogen) atoms. The summed E-state index contributed by atoms with van der Waals surface area (Å²) in [6.07, 6.45) is 3.09. The van der Waals surface area contributed by atoms with Crippen molar-refractivity contribution in [1.29, 1.82) is 0 Å². The van der Waals surface area contributed by atoms with E-state index < -0.39 is 10.0 Å². The minimum atomic E-state index is -3.52. The summed E-state index contributed by atoms with van der Waals surface area (Å²) >= 11 is 0. The number of aliphatic hydroxyl groups excluding tert-OH is 1. The normalized spacial score (nSPS) is 19.5. The molecular weight excluding hydrogens is 268 g/mol. The molecule has 1 fully saturated rings. The van der Waals surface area contributed by atoms with Gasteiger partial charge in [0.15, 0.2) is 0 Å². The molecule has 6 nitrogen and oxygen atoms in total. The first-order valence-corrected chi connectivity index (χ1v) is 7.79. The maximum absolute atomic E-state index is 12.1. The van der Waals surface area contributed by atoms with Gasteiger partial charge in [0.2, 0.25) is 10.0 Å². The lowest BCUT2D eigenvalue weighted by molar-refractivity contribution is 0.0265. The van der Waals surface area contributed by atoms with E-state index in [1.807, 2.05) is 0 Å². The summed E-state index contributed by atoms with van der Waals surface area (Å²) in [7, 11) is -3.52. The predicted octanol–water partition coefficient (Wildman–Crippen LogP) is 0.602. The lowest BCUT2D eigenvalue weighted by Crippen LogP contribution is -2.39. The first kappa shape index (κ1) is 14.5. The van der Waals surface area contributed by atoms with E-state index in [4.69, 9.17) is 9.84 Å². The van der Waals surface area contributed by atoms with Crippen LogP contribution in [0.3, 0.4) is 0 Å². The molecule has 2 rings (SSSR count). The predicted molar refractivity (Wildman–Crippen MR) is 70.1 cm³/mol. The van der Waals surface area contributed by atoms with E-state index in [1.54, 1.807) is 0 Å². The number of rotatable bonds is 5. The number of H-pyrrole nitrogens is 1. The molecule has 0 aliphatic carbocycles. The highest BCUT2D eigenvalue weighted by Gasteiger charge is 2.29. The van der Waals surface area contributed by atoms with E-state index in [0.717, 1.165) is 12.8 Å². The molecule has 0 bridgehead atoms. The molecule has 108 valence electrons. The van der Waals surface area contributed by atoms with Crippen molar-refractivity contribution in [3.05, 3.63) is 18.0 Å². The number of aromatic nitrogens is 1. The fraction of sp³-hybridized carbons (Fsp3) is 0.667. The minimum absolute atomic E-state index is 0.0541. The summed E-state index contributed by atoms with van der Waals surface area (Å²) in [5.41, 5.74) is 0.430. The summed E-state index contributed by atoms with van der Waals surface area (Å²) in [5.74, 6) is 0. The quantitative estimate of drug-likeness (QED) is 0.740. The van der Waals surface area contributed by atoms with Gasteiger partial charge in [0, 0.05) is 31.6 Å². The lowest BCUT2D eigenvalue weighted by atomic mass is 9.83. The van der Waals surface area contributed by atoms with Gasteiger partial charge in [-0.15, -0.1) is 0 Å². The van der Waals surface area contributed by atoms with Crippen molar-refractivity contribution in [1.82, 2.24) is 9.71 Å². The standard InChI is InChI=1S/C12H20N2O4S/c1-12(2-4-18-5-3-12)9-14-19(16,17)11-6-10(8-15)13-7-11/h6-7,13-15H,2-5,8-9H2,1H3. The number of hydrogen-bond donors (Lipinski definition) is 3. The van der Waals surface area contributed by atoms with Crippen molar-refractivity contribution in [3.8, 4) is 0 Å². The van der Waals surface area contributed by atoms with Crippen molar-refractivity contribution in [2.75, 3.05) is 19.8 Å². The third kappa shape index (κ3) is 3.56. The van der Waals surface area contributed by atoms with Gasteiger partial charge in [0.1, 0.15) is 0 Å². The van der Waals surface area contributed by atoms with Crippen LogP contribution in [0.15, 0.2) is 17.2 Å². The van der Waals surface area contributed by atoms with Gasteiger partial charge in [-0.1, -0.05) is 6.92 Å². The fourth-order valence-electron chi connectivity index (χ4n) is 2.06. The van der Waals surface area contributed by atoms with Crippen LogP contribution in [0.4, 0.5) is 0 Å². The van der Waals surface area contributed by atoms with Crippen molar-refractivity contribution in [3.63, 3.8) is 0 Å². The Bertz CT molecular complexity index is 518. The topological polar surface area (TPSA) is 91.4 Å². The molecule has 0 spiro atoms. The number of aliphatic hydroxyl groups is 1. The van der Waals surface area contributed by atoms with Crippen LogP contribution in [-0.2, 0) is 21.4 Å². The number of ether oxygens (including phenoxy) is 1. The Morgan fingerprint density at radius 3 is 2.74 bits per heavy atom. The maximum atomic E-state index is 12.1. The van der Waals surface area contributed by atoms with Crippen LogP contribution >= 0.6 is 0 Å². The van der Waals surface area contributed by atoms with Crippen molar-refractivity contribution in [2.24, 2.45) is 5.41 Å². The van der Waals surface area contributed by atoms with Gasteiger partial charge >= 0.3 is 0 Å². The zero-order valence-electron chi connectivity index (χ0n) is 11.0. The van der Waals surface area contributed by atoms with Crippen LogP contribution in [0.5, 0.6) is 0 Å². The molecule has 3 N–H and O–H groups in total. The van der Waals surface area contributed by atoms with Gasteiger partial charge in [-0.05, 0) is 24.3 Å². The van der Waals surface area contributed by atoms with E-state index in [1.165, 1.54) is 12.3 Å². The molecule has 0 amide bonds. The van der Waals surface area contributed by atoms with E-state index >= 15 is 0 Å². The summed E-state index contributed by atoms with van der Waals surface area (Å²) in [4.78, 5) is 2.88. The smallest absolute Gasteiger partial charge is 0.242 e. The molecule has 1 aromatic rings. The average Bonchev–Trinajstić information content (AvgIpc) is 2.87. The van der Waals surface area contributed by atoms with E-state index in [-0.39, 0.29) is 16.9 Å². The van der Waals surface area contributed by atoms with Gasteiger partial charge in [0.25, 0.3) is 0 Å². The van der Waals surface area contributed by atoms with Gasteiger partial charge in [-0.3, -0.25) is 0 Å². The molecular formula is C12H20N2O4S. The average molecular weight is 288 g/mol. The van der Waals surface area contributed by atoms with Gasteiger partial charge in [0.05, 0.1) is 11.5 Å². The van der Waals surface area contributed by atoms with Crippen molar-refractivity contribution in [2.45, 2.75) is 31.3 Å². The molecule has 1 saturated heterocycles. The highest BCUT2D eigenvalue weighted by Crippen LogP contribution is 2.29. The summed E-state index contributed by atoms with van der Waals surface area (Å²) in [5, 5.41) is 8.93. The van der Waals surface area contributed by atoms with Crippen LogP contribution in [0.1, 0.15) is 25.5 Å². The largest absolute Gasteiger partial charge is 0.390 e. The Hall–Kier alpha value is -0.890. The molecule has 1 aliphatic heterocycles. The zero-order chi connectivity index (χ0) is 13.9. The van der Waals surface area contributed by atoms with Crippen LogP contribution in [-0.4, -0.2) is 38.3 Å². The van der Waals surface area contributed by atoms with Crippen molar-refractivity contribution >= 4 is 10.0 Å². The molecule has 0 saturated carbocycles. The summed E-state index contributed by atoms with van der Waals surface area (Å²) in [6, 6.07) is 1.44. The van der Waals surface area contributed by atoms with E-state index in [0.29, 0.717) is 25.5 Å². The number of hydrogen-bond acceptors (Lipinski definition) is 4. The Morgan fingerprint density at radius 1 is 1.47 bits per heavy atom. The molecule has 7 heteroatoms. The third-order valence-corrected chi connectivity index (χ3v) is 4.97. The van der Waals surface area contributed by atoms with E-state index in [9.17, 15) is 8.42 Å². The lowest BCUT2D eigenvalue weighted by Gasteiger charge is -2.33. The van der Waals surface area contributed by atoms with Crippen LogP contribution in [0, 0.1) is 5.41 Å². The van der Waals surface area contributed by atoms with Gasteiger partial charge in [-0.2, -0.15) is 0 Å². The first-order chi connectivity index (χ1) is 8.95. The SMILES string of the molecule is CC1(CNS(=O)(=O)c2c[nH]c(CO)c2)CCOCC1. The maximum Gasteiger partial charge on any atom is 0.242 e. The third-order valence-electron chi connectivity index (χ3n) is 3.59. The molecule has 1 aliphatic rings. The Balaban J connectivity index is 2.01. The second-order valence-corrected chi connectivity index (χ2v) is 7.03. The number of sulfonamides is 1. The Kier molecular flexibility index (Phi) is 4.29. The highest BCUT2D eigenvalue weighted by atomic mass is 32.2. The molecule has 0 radical (unpaired) electrons. The first-order valence-electron chi connectivity index (χ1n) is 6.31. The van der Waals surface area contributed by atoms with Crippen molar-refractivity contribution < 1.29 is 18.3 Å². The monoisotopic (exact) mass is 288 g/mol. The summed E-state index contributed by atoms with van der Waals surface area (Å²) < 4.78 is 32.1. The van der Waals surface area contributed by atoms with Crippen LogP contribution in [0.2, 0.25) is 0 Å². The Labute approximate surface area is 113 Å². The van der Waals surface area contributed by atoms with Crippen LogP contribution < -0.4 is 4.72 Å². The minimum Gasteiger partial charge on any atom is -0.390 e. The number of aromatic amines is 1. The fourth-order valence-corrected chi connectivity index (χ4v) is 3.28. The summed E-state index contributed by atoms with van der Waals surface area (Å²) in [6.45, 7) is 3.62. The van der Waals surface area contributed by atoms with Gasteiger partial charge < -0.3 is 14.8 Å².